The van der Waals surface area contributed by atoms with Gasteiger partial charge >= 0.3 is 0 Å². The maximum absolute atomic E-state index is 12.6. The van der Waals surface area contributed by atoms with Crippen LogP contribution in [0.25, 0.3) is 0 Å². The fourth-order valence-corrected chi connectivity index (χ4v) is 3.68. The molecule has 28 heavy (non-hydrogen) atoms. The summed E-state index contributed by atoms with van der Waals surface area (Å²) in [6.45, 7) is 2.87. The van der Waals surface area contributed by atoms with Gasteiger partial charge in [0, 0.05) is 41.9 Å². The first-order chi connectivity index (χ1) is 13.4. The van der Waals surface area contributed by atoms with Gasteiger partial charge in [-0.15, -0.1) is 0 Å². The van der Waals surface area contributed by atoms with E-state index in [1.165, 1.54) is 17.7 Å². The Balaban J connectivity index is 1.53. The van der Waals surface area contributed by atoms with Crippen LogP contribution in [0.3, 0.4) is 0 Å². The van der Waals surface area contributed by atoms with Crippen LogP contribution in [0.15, 0.2) is 36.4 Å². The highest BCUT2D eigenvalue weighted by Crippen LogP contribution is 2.33. The molecular weight excluding hydrogens is 358 g/mol. The summed E-state index contributed by atoms with van der Waals surface area (Å²) >= 11 is 0. The minimum atomic E-state index is -0.490. The van der Waals surface area contributed by atoms with Crippen LogP contribution in [0.4, 0.5) is 11.4 Å². The first-order valence-electron chi connectivity index (χ1n) is 9.40. The van der Waals surface area contributed by atoms with Gasteiger partial charge in [0.1, 0.15) is 0 Å². The SMILES string of the molecule is Cc1c(C(=O)Nc2ccc3c(c2)CN(C(=O)C2CC2)CC3)cccc1[N+](=O)[O-]. The summed E-state index contributed by atoms with van der Waals surface area (Å²) in [7, 11) is 0. The summed E-state index contributed by atoms with van der Waals surface area (Å²) < 4.78 is 0. The monoisotopic (exact) mass is 379 g/mol. The highest BCUT2D eigenvalue weighted by atomic mass is 16.6. The summed E-state index contributed by atoms with van der Waals surface area (Å²) in [5, 5.41) is 13.9. The van der Waals surface area contributed by atoms with Gasteiger partial charge in [0.05, 0.1) is 4.92 Å². The second kappa shape index (κ2) is 7.07. The molecule has 0 radical (unpaired) electrons. The Bertz CT molecular complexity index is 982. The third kappa shape index (κ3) is 3.47. The summed E-state index contributed by atoms with van der Waals surface area (Å²) in [4.78, 5) is 37.5. The molecule has 7 heteroatoms. The van der Waals surface area contributed by atoms with Crippen molar-refractivity contribution in [3.63, 3.8) is 0 Å². The molecule has 4 rings (SSSR count). The minimum absolute atomic E-state index is 0.0766. The van der Waals surface area contributed by atoms with Gasteiger partial charge in [0.2, 0.25) is 5.91 Å². The number of hydrogen-bond donors (Lipinski definition) is 1. The molecule has 1 saturated carbocycles. The molecule has 1 heterocycles. The lowest BCUT2D eigenvalue weighted by molar-refractivity contribution is -0.385. The predicted octanol–water partition coefficient (Wildman–Crippen LogP) is 3.45. The molecular formula is C21H21N3O4. The minimum Gasteiger partial charge on any atom is -0.338 e. The fraction of sp³-hybridized carbons (Fsp3) is 0.333. The van der Waals surface area contributed by atoms with E-state index in [0.717, 1.165) is 31.4 Å². The van der Waals surface area contributed by atoms with Crippen LogP contribution >= 0.6 is 0 Å². The average molecular weight is 379 g/mol. The second-order valence-corrected chi connectivity index (χ2v) is 7.43. The maximum atomic E-state index is 12.6. The number of nitro groups is 1. The normalized spacial score (nSPS) is 15.7. The number of carbonyl (C=O) groups excluding carboxylic acids is 2. The Kier molecular flexibility index (Phi) is 4.58. The molecule has 0 unspecified atom stereocenters. The van der Waals surface area contributed by atoms with Crippen molar-refractivity contribution < 1.29 is 14.5 Å². The zero-order valence-corrected chi connectivity index (χ0v) is 15.6. The molecule has 0 atom stereocenters. The van der Waals surface area contributed by atoms with E-state index in [1.54, 1.807) is 13.0 Å². The van der Waals surface area contributed by atoms with Gasteiger partial charge in [0.15, 0.2) is 0 Å². The molecule has 1 aliphatic carbocycles. The molecule has 2 aromatic rings. The highest BCUT2D eigenvalue weighted by molar-refractivity contribution is 6.05. The van der Waals surface area contributed by atoms with E-state index in [2.05, 4.69) is 5.32 Å². The molecule has 2 aromatic carbocycles. The van der Waals surface area contributed by atoms with E-state index in [1.807, 2.05) is 23.1 Å². The fourth-order valence-electron chi connectivity index (χ4n) is 3.68. The Morgan fingerprint density at radius 2 is 1.96 bits per heavy atom. The predicted molar refractivity (Wildman–Crippen MR) is 104 cm³/mol. The number of nitrogens with zero attached hydrogens (tertiary/aromatic N) is 2. The van der Waals surface area contributed by atoms with Crippen molar-refractivity contribution in [2.75, 3.05) is 11.9 Å². The molecule has 144 valence electrons. The van der Waals surface area contributed by atoms with Gasteiger partial charge in [-0.2, -0.15) is 0 Å². The van der Waals surface area contributed by atoms with Crippen LogP contribution in [0.5, 0.6) is 0 Å². The van der Waals surface area contributed by atoms with E-state index >= 15 is 0 Å². The Morgan fingerprint density at radius 3 is 2.68 bits per heavy atom. The van der Waals surface area contributed by atoms with Gasteiger partial charge in [-0.1, -0.05) is 12.1 Å². The lowest BCUT2D eigenvalue weighted by Crippen LogP contribution is -2.36. The summed E-state index contributed by atoms with van der Waals surface area (Å²) in [5.74, 6) is 0.0384. The number of nitrogens with one attached hydrogen (secondary N) is 1. The summed E-state index contributed by atoms with van der Waals surface area (Å²) in [6, 6.07) is 10.2. The number of rotatable bonds is 4. The third-order valence-corrected chi connectivity index (χ3v) is 5.46. The van der Waals surface area contributed by atoms with Crippen molar-refractivity contribution in [2.24, 2.45) is 5.92 Å². The molecule has 2 amide bonds. The van der Waals surface area contributed by atoms with Crippen molar-refractivity contribution >= 4 is 23.2 Å². The zero-order valence-electron chi connectivity index (χ0n) is 15.6. The second-order valence-electron chi connectivity index (χ2n) is 7.43. The Hall–Kier alpha value is -3.22. The lowest BCUT2D eigenvalue weighted by atomic mass is 9.98. The molecule has 7 nitrogen and oxygen atoms in total. The van der Waals surface area contributed by atoms with Crippen LogP contribution in [0.1, 0.15) is 39.9 Å². The number of fused-ring (bicyclic) bond motifs is 1. The molecule has 0 saturated heterocycles. The smallest absolute Gasteiger partial charge is 0.273 e. The number of carbonyl (C=O) groups is 2. The number of benzene rings is 2. The van der Waals surface area contributed by atoms with Crippen LogP contribution < -0.4 is 5.32 Å². The molecule has 0 aromatic heterocycles. The van der Waals surface area contributed by atoms with Gasteiger partial charge in [-0.05, 0) is 55.5 Å². The molecule has 0 spiro atoms. The first kappa shape index (κ1) is 18.2. The third-order valence-electron chi connectivity index (χ3n) is 5.46. The average Bonchev–Trinajstić information content (AvgIpc) is 3.52. The standard InChI is InChI=1S/C21H21N3O4/c1-13-18(3-2-4-19(13)24(27)28)20(25)22-17-8-7-14-9-10-23(12-16(14)11-17)21(26)15-5-6-15/h2-4,7-8,11,15H,5-6,9-10,12H2,1H3,(H,22,25). The van der Waals surface area contributed by atoms with Crippen LogP contribution in [0, 0.1) is 23.0 Å². The highest BCUT2D eigenvalue weighted by Gasteiger charge is 2.34. The van der Waals surface area contributed by atoms with E-state index in [9.17, 15) is 19.7 Å². The summed E-state index contributed by atoms with van der Waals surface area (Å²) in [6.07, 6.45) is 2.79. The molecule has 1 N–H and O–H groups in total. The number of amides is 2. The van der Waals surface area contributed by atoms with Crippen molar-refractivity contribution in [1.82, 2.24) is 4.90 Å². The van der Waals surface area contributed by atoms with E-state index in [4.69, 9.17) is 0 Å². The topological polar surface area (TPSA) is 92.6 Å². The van der Waals surface area contributed by atoms with Crippen LogP contribution in [-0.4, -0.2) is 28.2 Å². The first-order valence-corrected chi connectivity index (χ1v) is 9.40. The summed E-state index contributed by atoms with van der Waals surface area (Å²) in [5.41, 5.74) is 3.38. The van der Waals surface area contributed by atoms with E-state index in [-0.39, 0.29) is 29.0 Å². The number of hydrogen-bond acceptors (Lipinski definition) is 4. The molecule has 1 fully saturated rings. The van der Waals surface area contributed by atoms with Crippen LogP contribution in [0.2, 0.25) is 0 Å². The van der Waals surface area contributed by atoms with Crippen molar-refractivity contribution in [1.29, 1.82) is 0 Å². The molecule has 0 bridgehead atoms. The van der Waals surface area contributed by atoms with E-state index < -0.39 is 4.92 Å². The zero-order chi connectivity index (χ0) is 19.8. The Morgan fingerprint density at radius 1 is 1.18 bits per heavy atom. The maximum Gasteiger partial charge on any atom is 0.273 e. The van der Waals surface area contributed by atoms with Crippen LogP contribution in [-0.2, 0) is 17.8 Å². The van der Waals surface area contributed by atoms with Gasteiger partial charge in [0.25, 0.3) is 11.6 Å². The van der Waals surface area contributed by atoms with Gasteiger partial charge < -0.3 is 10.2 Å². The quantitative estimate of drug-likeness (QED) is 0.650. The largest absolute Gasteiger partial charge is 0.338 e. The van der Waals surface area contributed by atoms with Crippen molar-refractivity contribution in [3.8, 4) is 0 Å². The Labute approximate surface area is 162 Å². The van der Waals surface area contributed by atoms with E-state index in [0.29, 0.717) is 17.8 Å². The number of nitro benzene ring substituents is 1. The van der Waals surface area contributed by atoms with Gasteiger partial charge in [-0.25, -0.2) is 0 Å². The van der Waals surface area contributed by atoms with Crippen molar-refractivity contribution in [3.05, 3.63) is 68.8 Å². The number of anilines is 1. The van der Waals surface area contributed by atoms with Crippen molar-refractivity contribution in [2.45, 2.75) is 32.7 Å². The molecule has 1 aliphatic heterocycles. The van der Waals surface area contributed by atoms with Gasteiger partial charge in [-0.3, -0.25) is 19.7 Å². The lowest BCUT2D eigenvalue weighted by Gasteiger charge is -2.29. The molecule has 2 aliphatic rings.